The fourth-order valence-electron chi connectivity index (χ4n) is 1.79. The summed E-state index contributed by atoms with van der Waals surface area (Å²) in [7, 11) is 0. The third kappa shape index (κ3) is 5.51. The van der Waals surface area contributed by atoms with E-state index in [1.54, 1.807) is 11.3 Å². The van der Waals surface area contributed by atoms with Gasteiger partial charge in [-0.15, -0.1) is 11.3 Å². The topological polar surface area (TPSA) is 21.3 Å². The first kappa shape index (κ1) is 15.2. The molecule has 1 aromatic rings. The van der Waals surface area contributed by atoms with Crippen LogP contribution in [-0.4, -0.2) is 25.3 Å². The summed E-state index contributed by atoms with van der Waals surface area (Å²) in [5, 5.41) is 5.71. The third-order valence-corrected chi connectivity index (χ3v) is 4.42. The van der Waals surface area contributed by atoms with Crippen molar-refractivity contribution in [3.8, 4) is 0 Å². The van der Waals surface area contributed by atoms with Crippen molar-refractivity contribution in [1.82, 2.24) is 5.32 Å². The average molecular weight is 320 g/mol. The van der Waals surface area contributed by atoms with Crippen LogP contribution in [-0.2, 0) is 11.2 Å². The van der Waals surface area contributed by atoms with Crippen LogP contribution >= 0.6 is 27.3 Å². The number of rotatable bonds is 8. The molecule has 98 valence electrons. The highest BCUT2D eigenvalue weighted by Gasteiger charge is 2.17. The molecule has 17 heavy (non-hydrogen) atoms. The molecule has 2 unspecified atom stereocenters. The van der Waals surface area contributed by atoms with E-state index in [0.29, 0.717) is 6.04 Å². The van der Waals surface area contributed by atoms with Crippen LogP contribution in [0.3, 0.4) is 0 Å². The van der Waals surface area contributed by atoms with E-state index in [1.165, 1.54) is 9.35 Å². The largest absolute Gasteiger partial charge is 0.377 e. The van der Waals surface area contributed by atoms with Crippen LogP contribution in [0.2, 0.25) is 0 Å². The van der Waals surface area contributed by atoms with E-state index in [4.69, 9.17) is 4.74 Å². The molecule has 1 N–H and O–H groups in total. The molecule has 0 aliphatic carbocycles. The molecular weight excluding hydrogens is 298 g/mol. The van der Waals surface area contributed by atoms with E-state index in [-0.39, 0.29) is 6.10 Å². The van der Waals surface area contributed by atoms with Crippen LogP contribution in [0.15, 0.2) is 15.9 Å². The van der Waals surface area contributed by atoms with Crippen molar-refractivity contribution in [3.63, 3.8) is 0 Å². The molecule has 0 aliphatic rings. The summed E-state index contributed by atoms with van der Waals surface area (Å²) in [5.41, 5.74) is 0. The summed E-state index contributed by atoms with van der Waals surface area (Å²) >= 11 is 5.31. The van der Waals surface area contributed by atoms with E-state index in [1.807, 2.05) is 0 Å². The molecule has 0 aliphatic heterocycles. The van der Waals surface area contributed by atoms with Crippen molar-refractivity contribution < 1.29 is 4.74 Å². The normalized spacial score (nSPS) is 14.8. The Morgan fingerprint density at radius 2 is 2.24 bits per heavy atom. The zero-order valence-corrected chi connectivity index (χ0v) is 13.2. The van der Waals surface area contributed by atoms with E-state index >= 15 is 0 Å². The predicted octanol–water partition coefficient (Wildman–Crippen LogP) is 3.85. The van der Waals surface area contributed by atoms with Gasteiger partial charge < -0.3 is 10.1 Å². The SMILES string of the molecule is CCCNC(Cc1cc(Br)cs1)C(C)OCC. The Labute approximate surface area is 117 Å². The minimum Gasteiger partial charge on any atom is -0.377 e. The minimum absolute atomic E-state index is 0.257. The molecule has 0 amide bonds. The summed E-state index contributed by atoms with van der Waals surface area (Å²) in [5.74, 6) is 0. The van der Waals surface area contributed by atoms with E-state index in [0.717, 1.165) is 26.0 Å². The molecule has 0 aromatic carbocycles. The fourth-order valence-corrected chi connectivity index (χ4v) is 3.30. The summed E-state index contributed by atoms with van der Waals surface area (Å²) in [6.07, 6.45) is 2.45. The molecule has 1 aromatic heterocycles. The lowest BCUT2D eigenvalue weighted by atomic mass is 10.1. The quantitative estimate of drug-likeness (QED) is 0.786. The molecule has 0 radical (unpaired) electrons. The lowest BCUT2D eigenvalue weighted by molar-refractivity contribution is 0.0478. The summed E-state index contributed by atoms with van der Waals surface area (Å²) < 4.78 is 6.89. The second-order valence-electron chi connectivity index (χ2n) is 4.16. The summed E-state index contributed by atoms with van der Waals surface area (Å²) in [6.45, 7) is 8.22. The lowest BCUT2D eigenvalue weighted by Gasteiger charge is -2.24. The Morgan fingerprint density at radius 1 is 1.47 bits per heavy atom. The summed E-state index contributed by atoms with van der Waals surface area (Å²) in [6, 6.07) is 2.60. The van der Waals surface area contributed by atoms with Gasteiger partial charge in [0.2, 0.25) is 0 Å². The maximum Gasteiger partial charge on any atom is 0.0703 e. The smallest absolute Gasteiger partial charge is 0.0703 e. The number of hydrogen-bond donors (Lipinski definition) is 1. The molecule has 0 spiro atoms. The lowest BCUT2D eigenvalue weighted by Crippen LogP contribution is -2.41. The van der Waals surface area contributed by atoms with Gasteiger partial charge >= 0.3 is 0 Å². The second kappa shape index (κ2) is 8.25. The molecule has 1 heterocycles. The fraction of sp³-hybridized carbons (Fsp3) is 0.692. The van der Waals surface area contributed by atoms with Crippen LogP contribution in [0.5, 0.6) is 0 Å². The van der Waals surface area contributed by atoms with Gasteiger partial charge in [-0.05, 0) is 55.2 Å². The Bertz CT molecular complexity index is 316. The number of thiophene rings is 1. The monoisotopic (exact) mass is 319 g/mol. The van der Waals surface area contributed by atoms with Crippen LogP contribution in [0.25, 0.3) is 0 Å². The zero-order valence-electron chi connectivity index (χ0n) is 10.8. The summed E-state index contributed by atoms with van der Waals surface area (Å²) in [4.78, 5) is 1.40. The van der Waals surface area contributed by atoms with Gasteiger partial charge in [0.25, 0.3) is 0 Å². The maximum absolute atomic E-state index is 5.71. The van der Waals surface area contributed by atoms with E-state index < -0.39 is 0 Å². The highest BCUT2D eigenvalue weighted by atomic mass is 79.9. The van der Waals surface area contributed by atoms with Gasteiger partial charge in [-0.1, -0.05) is 6.92 Å². The van der Waals surface area contributed by atoms with Crippen LogP contribution in [0, 0.1) is 0 Å². The van der Waals surface area contributed by atoms with Gasteiger partial charge in [0.1, 0.15) is 0 Å². The van der Waals surface area contributed by atoms with Gasteiger partial charge in [-0.2, -0.15) is 0 Å². The van der Waals surface area contributed by atoms with Crippen molar-refractivity contribution in [3.05, 3.63) is 20.8 Å². The van der Waals surface area contributed by atoms with Gasteiger partial charge in [-0.3, -0.25) is 0 Å². The molecule has 1 rings (SSSR count). The third-order valence-electron chi connectivity index (χ3n) is 2.70. The number of ether oxygens (including phenoxy) is 1. The Kier molecular flexibility index (Phi) is 7.35. The number of halogens is 1. The molecule has 0 bridgehead atoms. The van der Waals surface area contributed by atoms with Gasteiger partial charge in [-0.25, -0.2) is 0 Å². The molecule has 2 nitrogen and oxygen atoms in total. The first-order chi connectivity index (χ1) is 8.17. The average Bonchev–Trinajstić information content (AvgIpc) is 2.70. The van der Waals surface area contributed by atoms with Gasteiger partial charge in [0.05, 0.1) is 6.10 Å². The Morgan fingerprint density at radius 3 is 2.76 bits per heavy atom. The van der Waals surface area contributed by atoms with Crippen molar-refractivity contribution >= 4 is 27.3 Å². The van der Waals surface area contributed by atoms with Gasteiger partial charge in [0, 0.05) is 27.4 Å². The van der Waals surface area contributed by atoms with Crippen molar-refractivity contribution in [2.24, 2.45) is 0 Å². The molecular formula is C13H22BrNOS. The van der Waals surface area contributed by atoms with Crippen molar-refractivity contribution in [1.29, 1.82) is 0 Å². The van der Waals surface area contributed by atoms with Crippen molar-refractivity contribution in [2.45, 2.75) is 45.8 Å². The molecule has 4 heteroatoms. The van der Waals surface area contributed by atoms with Crippen LogP contribution < -0.4 is 5.32 Å². The standard InChI is InChI=1S/C13H22BrNOS/c1-4-6-15-13(10(3)16-5-2)8-12-7-11(14)9-17-12/h7,9-10,13,15H,4-6,8H2,1-3H3. The highest BCUT2D eigenvalue weighted by molar-refractivity contribution is 9.10. The Balaban J connectivity index is 2.55. The van der Waals surface area contributed by atoms with Crippen LogP contribution in [0.4, 0.5) is 0 Å². The molecule has 0 fully saturated rings. The number of hydrogen-bond acceptors (Lipinski definition) is 3. The van der Waals surface area contributed by atoms with Crippen molar-refractivity contribution in [2.75, 3.05) is 13.2 Å². The van der Waals surface area contributed by atoms with E-state index in [9.17, 15) is 0 Å². The Hall–Kier alpha value is 0.1000. The second-order valence-corrected chi connectivity index (χ2v) is 6.07. The molecule has 0 saturated heterocycles. The van der Waals surface area contributed by atoms with Gasteiger partial charge in [0.15, 0.2) is 0 Å². The minimum atomic E-state index is 0.257. The van der Waals surface area contributed by atoms with E-state index in [2.05, 4.69) is 53.5 Å². The molecule has 0 saturated carbocycles. The zero-order chi connectivity index (χ0) is 12.7. The first-order valence-corrected chi connectivity index (χ1v) is 7.92. The highest BCUT2D eigenvalue weighted by Crippen LogP contribution is 2.22. The maximum atomic E-state index is 5.71. The molecule has 2 atom stereocenters. The first-order valence-electron chi connectivity index (χ1n) is 6.25. The van der Waals surface area contributed by atoms with Crippen LogP contribution in [0.1, 0.15) is 32.1 Å². The number of nitrogens with one attached hydrogen (secondary N) is 1. The predicted molar refractivity (Wildman–Crippen MR) is 78.9 cm³/mol.